The topological polar surface area (TPSA) is 60.9 Å². The van der Waals surface area contributed by atoms with Crippen molar-refractivity contribution in [1.82, 2.24) is 15.3 Å². The van der Waals surface area contributed by atoms with Gasteiger partial charge in [-0.3, -0.25) is 0 Å². The predicted molar refractivity (Wildman–Crippen MR) is 69.0 cm³/mol. The summed E-state index contributed by atoms with van der Waals surface area (Å²) in [6.07, 6.45) is 2.81. The number of aromatic amines is 1. The molecule has 0 saturated heterocycles. The van der Waals surface area contributed by atoms with E-state index in [1.54, 1.807) is 0 Å². The van der Waals surface area contributed by atoms with Gasteiger partial charge >= 0.3 is 0 Å². The smallest absolute Gasteiger partial charge is 0.108 e. The zero-order valence-electron chi connectivity index (χ0n) is 9.95. The third-order valence-corrected chi connectivity index (χ3v) is 2.74. The quantitative estimate of drug-likeness (QED) is 0.635. The highest BCUT2D eigenvalue weighted by Gasteiger charge is 2.00. The summed E-state index contributed by atoms with van der Waals surface area (Å²) in [6, 6.07) is 8.07. The molecule has 1 heterocycles. The Morgan fingerprint density at radius 2 is 2.06 bits per heavy atom. The van der Waals surface area contributed by atoms with Gasteiger partial charge in [0.2, 0.25) is 0 Å². The first-order valence-electron chi connectivity index (χ1n) is 6.15. The van der Waals surface area contributed by atoms with Crippen molar-refractivity contribution < 1.29 is 5.11 Å². The number of para-hydroxylation sites is 2. The van der Waals surface area contributed by atoms with Crippen molar-refractivity contribution in [2.75, 3.05) is 19.7 Å². The van der Waals surface area contributed by atoms with Gasteiger partial charge in [-0.25, -0.2) is 4.98 Å². The number of hydrogen-bond acceptors (Lipinski definition) is 3. The van der Waals surface area contributed by atoms with Crippen LogP contribution < -0.4 is 5.32 Å². The maximum atomic E-state index is 8.64. The molecule has 2 rings (SSSR count). The molecule has 0 aliphatic rings. The molecule has 3 N–H and O–H groups in total. The summed E-state index contributed by atoms with van der Waals surface area (Å²) < 4.78 is 0. The van der Waals surface area contributed by atoms with Crippen molar-refractivity contribution >= 4 is 11.0 Å². The Labute approximate surface area is 101 Å². The highest BCUT2D eigenvalue weighted by Crippen LogP contribution is 2.10. The number of hydrogen-bond donors (Lipinski definition) is 3. The highest BCUT2D eigenvalue weighted by molar-refractivity contribution is 5.74. The van der Waals surface area contributed by atoms with Crippen molar-refractivity contribution in [3.63, 3.8) is 0 Å². The summed E-state index contributed by atoms with van der Waals surface area (Å²) in [4.78, 5) is 7.82. The fourth-order valence-electron chi connectivity index (χ4n) is 1.82. The van der Waals surface area contributed by atoms with Crippen LogP contribution in [0, 0.1) is 0 Å². The van der Waals surface area contributed by atoms with Crippen LogP contribution in [-0.2, 0) is 6.42 Å². The number of nitrogens with one attached hydrogen (secondary N) is 2. The highest BCUT2D eigenvalue weighted by atomic mass is 16.2. The number of H-pyrrole nitrogens is 1. The van der Waals surface area contributed by atoms with Crippen LogP contribution in [0.15, 0.2) is 24.3 Å². The standard InChI is InChI=1S/C13H19N3O/c17-10-4-3-8-14-9-7-13-15-11-5-1-2-6-12(11)16-13/h1-2,5-6,14,17H,3-4,7-10H2,(H,15,16). The van der Waals surface area contributed by atoms with E-state index in [1.807, 2.05) is 24.3 Å². The van der Waals surface area contributed by atoms with Crippen LogP contribution >= 0.6 is 0 Å². The Kier molecular flexibility index (Phi) is 4.53. The lowest BCUT2D eigenvalue weighted by molar-refractivity contribution is 0.284. The summed E-state index contributed by atoms with van der Waals surface area (Å²) in [5.74, 6) is 1.03. The van der Waals surface area contributed by atoms with E-state index in [0.717, 1.165) is 49.2 Å². The average molecular weight is 233 g/mol. The molecule has 0 saturated carbocycles. The maximum absolute atomic E-state index is 8.64. The largest absolute Gasteiger partial charge is 0.396 e. The molecule has 92 valence electrons. The van der Waals surface area contributed by atoms with Crippen molar-refractivity contribution in [2.45, 2.75) is 19.3 Å². The van der Waals surface area contributed by atoms with E-state index in [-0.39, 0.29) is 6.61 Å². The zero-order chi connectivity index (χ0) is 11.9. The fraction of sp³-hybridized carbons (Fsp3) is 0.462. The molecule has 0 amide bonds. The summed E-state index contributed by atoms with van der Waals surface area (Å²) in [5.41, 5.74) is 2.13. The van der Waals surface area contributed by atoms with Gasteiger partial charge in [0.1, 0.15) is 5.82 Å². The lowest BCUT2D eigenvalue weighted by Gasteiger charge is -2.01. The van der Waals surface area contributed by atoms with Gasteiger partial charge in [0.05, 0.1) is 11.0 Å². The average Bonchev–Trinajstić information content (AvgIpc) is 2.76. The SMILES string of the molecule is OCCCCNCCc1nc2ccccc2[nH]1. The van der Waals surface area contributed by atoms with Crippen molar-refractivity contribution in [3.8, 4) is 0 Å². The zero-order valence-corrected chi connectivity index (χ0v) is 9.95. The second-order valence-electron chi connectivity index (χ2n) is 4.13. The number of aliphatic hydroxyl groups is 1. The Morgan fingerprint density at radius 3 is 2.88 bits per heavy atom. The number of aliphatic hydroxyl groups excluding tert-OH is 1. The minimum atomic E-state index is 0.283. The number of unbranched alkanes of at least 4 members (excludes halogenated alkanes) is 1. The minimum Gasteiger partial charge on any atom is -0.396 e. The Bertz CT molecular complexity index is 420. The van der Waals surface area contributed by atoms with Crippen molar-refractivity contribution in [3.05, 3.63) is 30.1 Å². The molecule has 1 aromatic heterocycles. The molecule has 2 aromatic rings. The van der Waals surface area contributed by atoms with Gasteiger partial charge in [-0.05, 0) is 31.5 Å². The molecular formula is C13H19N3O. The molecule has 0 radical (unpaired) electrons. The number of rotatable bonds is 7. The Balaban J connectivity index is 1.75. The van der Waals surface area contributed by atoms with Crippen molar-refractivity contribution in [1.29, 1.82) is 0 Å². The molecule has 0 fully saturated rings. The van der Waals surface area contributed by atoms with E-state index in [1.165, 1.54) is 0 Å². The van der Waals surface area contributed by atoms with Gasteiger partial charge in [-0.2, -0.15) is 0 Å². The fourth-order valence-corrected chi connectivity index (χ4v) is 1.82. The summed E-state index contributed by atoms with van der Waals surface area (Å²) >= 11 is 0. The maximum Gasteiger partial charge on any atom is 0.108 e. The second kappa shape index (κ2) is 6.37. The first kappa shape index (κ1) is 12.1. The molecule has 0 bridgehead atoms. The Hall–Kier alpha value is -1.39. The van der Waals surface area contributed by atoms with Crippen LogP contribution in [0.3, 0.4) is 0 Å². The second-order valence-corrected chi connectivity index (χ2v) is 4.13. The molecule has 0 unspecified atom stereocenters. The number of imidazole rings is 1. The van der Waals surface area contributed by atoms with E-state index in [9.17, 15) is 0 Å². The first-order valence-corrected chi connectivity index (χ1v) is 6.15. The van der Waals surface area contributed by atoms with Gasteiger partial charge < -0.3 is 15.4 Å². The van der Waals surface area contributed by atoms with Crippen LogP contribution in [0.2, 0.25) is 0 Å². The number of nitrogens with zero attached hydrogens (tertiary/aromatic N) is 1. The van der Waals surface area contributed by atoms with E-state index in [0.29, 0.717) is 0 Å². The number of fused-ring (bicyclic) bond motifs is 1. The third kappa shape index (κ3) is 3.54. The van der Waals surface area contributed by atoms with Crippen LogP contribution in [0.1, 0.15) is 18.7 Å². The molecule has 0 spiro atoms. The lowest BCUT2D eigenvalue weighted by Crippen LogP contribution is -2.19. The monoisotopic (exact) mass is 233 g/mol. The van der Waals surface area contributed by atoms with E-state index >= 15 is 0 Å². The van der Waals surface area contributed by atoms with Gasteiger partial charge in [0.25, 0.3) is 0 Å². The van der Waals surface area contributed by atoms with Gasteiger partial charge in [0, 0.05) is 19.6 Å². The van der Waals surface area contributed by atoms with E-state index < -0.39 is 0 Å². The van der Waals surface area contributed by atoms with Crippen LogP contribution in [0.4, 0.5) is 0 Å². The van der Waals surface area contributed by atoms with Crippen molar-refractivity contribution in [2.24, 2.45) is 0 Å². The molecule has 0 atom stereocenters. The molecule has 0 aliphatic carbocycles. The summed E-state index contributed by atoms with van der Waals surface area (Å²) in [5, 5.41) is 12.0. The molecule has 0 aliphatic heterocycles. The summed E-state index contributed by atoms with van der Waals surface area (Å²) in [7, 11) is 0. The first-order chi connectivity index (χ1) is 8.40. The lowest BCUT2D eigenvalue weighted by atomic mass is 10.3. The molecule has 4 nitrogen and oxygen atoms in total. The molecule has 1 aromatic carbocycles. The van der Waals surface area contributed by atoms with Gasteiger partial charge in [-0.1, -0.05) is 12.1 Å². The molecule has 17 heavy (non-hydrogen) atoms. The number of benzene rings is 1. The molecular weight excluding hydrogens is 214 g/mol. The third-order valence-electron chi connectivity index (χ3n) is 2.74. The van der Waals surface area contributed by atoms with Crippen LogP contribution in [-0.4, -0.2) is 34.8 Å². The van der Waals surface area contributed by atoms with E-state index in [4.69, 9.17) is 5.11 Å². The minimum absolute atomic E-state index is 0.283. The van der Waals surface area contributed by atoms with E-state index in [2.05, 4.69) is 15.3 Å². The van der Waals surface area contributed by atoms with Gasteiger partial charge in [0.15, 0.2) is 0 Å². The van der Waals surface area contributed by atoms with Gasteiger partial charge in [-0.15, -0.1) is 0 Å². The molecule has 4 heteroatoms. The summed E-state index contributed by atoms with van der Waals surface area (Å²) in [6.45, 7) is 2.16. The number of aromatic nitrogens is 2. The van der Waals surface area contributed by atoms with Crippen LogP contribution in [0.25, 0.3) is 11.0 Å². The predicted octanol–water partition coefficient (Wildman–Crippen LogP) is 1.47. The van der Waals surface area contributed by atoms with Crippen LogP contribution in [0.5, 0.6) is 0 Å². The normalized spacial score (nSPS) is 11.1. The Morgan fingerprint density at radius 1 is 1.18 bits per heavy atom.